The van der Waals surface area contributed by atoms with E-state index < -0.39 is 18.0 Å². The molecule has 4 heteroatoms. The zero-order chi connectivity index (χ0) is 21.3. The molecular formula is C26H38F2O2. The molecule has 0 N–H and O–H groups in total. The maximum absolute atomic E-state index is 14.7. The lowest BCUT2D eigenvalue weighted by Gasteiger charge is -2.29. The zero-order valence-electron chi connectivity index (χ0n) is 18.5. The lowest BCUT2D eigenvalue weighted by atomic mass is 9.77. The van der Waals surface area contributed by atoms with Gasteiger partial charge in [-0.1, -0.05) is 51.5 Å². The molecule has 0 unspecified atom stereocenters. The molecule has 0 aromatic heterocycles. The molecule has 0 heterocycles. The maximum Gasteiger partial charge on any atom is 0.341 e. The molecule has 0 bridgehead atoms. The quantitative estimate of drug-likeness (QED) is 0.300. The van der Waals surface area contributed by atoms with Gasteiger partial charge >= 0.3 is 5.97 Å². The second kappa shape index (κ2) is 11.8. The molecule has 1 aromatic rings. The summed E-state index contributed by atoms with van der Waals surface area (Å²) in [6, 6.07) is 5.01. The van der Waals surface area contributed by atoms with Gasteiger partial charge in [0.15, 0.2) is 0 Å². The zero-order valence-corrected chi connectivity index (χ0v) is 18.5. The van der Waals surface area contributed by atoms with Crippen molar-refractivity contribution in [3.63, 3.8) is 0 Å². The molecule has 3 rings (SSSR count). The first-order valence-corrected chi connectivity index (χ1v) is 12.2. The molecule has 0 amide bonds. The van der Waals surface area contributed by atoms with Gasteiger partial charge in [0.2, 0.25) is 0 Å². The van der Waals surface area contributed by atoms with Crippen molar-refractivity contribution in [2.24, 2.45) is 5.92 Å². The van der Waals surface area contributed by atoms with Crippen molar-refractivity contribution in [1.29, 1.82) is 0 Å². The Bertz CT molecular complexity index is 659. The van der Waals surface area contributed by atoms with E-state index in [0.717, 1.165) is 24.3 Å². The first kappa shape index (κ1) is 23.2. The highest BCUT2D eigenvalue weighted by Crippen LogP contribution is 2.38. The molecule has 30 heavy (non-hydrogen) atoms. The third-order valence-electron chi connectivity index (χ3n) is 7.12. The summed E-state index contributed by atoms with van der Waals surface area (Å²) >= 11 is 0. The summed E-state index contributed by atoms with van der Waals surface area (Å²) in [7, 11) is 0. The fourth-order valence-corrected chi connectivity index (χ4v) is 5.13. The van der Waals surface area contributed by atoms with Gasteiger partial charge in [-0.3, -0.25) is 0 Å². The third kappa shape index (κ3) is 6.78. The van der Waals surface area contributed by atoms with Crippen LogP contribution >= 0.6 is 0 Å². The van der Waals surface area contributed by atoms with Crippen LogP contribution in [0.2, 0.25) is 0 Å². The van der Waals surface area contributed by atoms with Gasteiger partial charge in [-0.2, -0.15) is 0 Å². The van der Waals surface area contributed by atoms with Gasteiger partial charge < -0.3 is 4.74 Å². The van der Waals surface area contributed by atoms with Crippen LogP contribution in [0.1, 0.15) is 119 Å². The van der Waals surface area contributed by atoms with E-state index in [1.807, 2.05) is 6.07 Å². The van der Waals surface area contributed by atoms with Gasteiger partial charge in [0.1, 0.15) is 18.1 Å². The molecule has 0 atom stereocenters. The van der Waals surface area contributed by atoms with Crippen LogP contribution in [0, 0.1) is 11.7 Å². The van der Waals surface area contributed by atoms with E-state index in [-0.39, 0.29) is 11.7 Å². The molecule has 2 saturated carbocycles. The van der Waals surface area contributed by atoms with Gasteiger partial charge in [-0.25, -0.2) is 13.6 Å². The number of carbonyl (C=O) groups excluding carboxylic acids is 1. The monoisotopic (exact) mass is 420 g/mol. The summed E-state index contributed by atoms with van der Waals surface area (Å²) in [5.74, 6) is 0.102. The van der Waals surface area contributed by atoms with E-state index in [1.165, 1.54) is 57.4 Å². The van der Waals surface area contributed by atoms with Crippen LogP contribution in [0.5, 0.6) is 0 Å². The number of unbranched alkanes of at least 4 members (excludes halogenated alkanes) is 4. The van der Waals surface area contributed by atoms with Crippen molar-refractivity contribution in [3.8, 4) is 0 Å². The van der Waals surface area contributed by atoms with Gasteiger partial charge in [0.05, 0.1) is 5.56 Å². The predicted octanol–water partition coefficient (Wildman–Crippen LogP) is 7.90. The second-order valence-electron chi connectivity index (χ2n) is 9.44. The van der Waals surface area contributed by atoms with Crippen molar-refractivity contribution >= 4 is 5.97 Å². The van der Waals surface area contributed by atoms with Crippen LogP contribution in [-0.2, 0) is 4.74 Å². The minimum absolute atomic E-state index is 0.00175. The van der Waals surface area contributed by atoms with Crippen molar-refractivity contribution in [2.45, 2.75) is 115 Å². The molecule has 168 valence electrons. The molecule has 2 aliphatic carbocycles. The summed E-state index contributed by atoms with van der Waals surface area (Å²) in [6.45, 7) is 2.25. The molecule has 2 nitrogen and oxygen atoms in total. The number of alkyl halides is 1. The van der Waals surface area contributed by atoms with Crippen LogP contribution in [0.25, 0.3) is 0 Å². The Labute approximate surface area is 180 Å². The molecule has 0 aliphatic heterocycles. The Morgan fingerprint density at radius 2 is 1.67 bits per heavy atom. The van der Waals surface area contributed by atoms with E-state index in [2.05, 4.69) is 6.92 Å². The first-order chi connectivity index (χ1) is 14.6. The molecule has 0 radical (unpaired) electrons. The Balaban J connectivity index is 1.45. The highest BCUT2D eigenvalue weighted by Gasteiger charge is 2.26. The van der Waals surface area contributed by atoms with Crippen LogP contribution in [0.4, 0.5) is 8.78 Å². The van der Waals surface area contributed by atoms with E-state index in [9.17, 15) is 13.6 Å². The Kier molecular flexibility index (Phi) is 9.14. The SMILES string of the molecule is CCCCCCCC1CCC(c2ccc(C(=O)OC3CCC(F)CC3)c(F)c2)CC1. The highest BCUT2D eigenvalue weighted by molar-refractivity contribution is 5.89. The van der Waals surface area contributed by atoms with Crippen LogP contribution < -0.4 is 0 Å². The predicted molar refractivity (Wildman–Crippen MR) is 117 cm³/mol. The number of carbonyl (C=O) groups is 1. The van der Waals surface area contributed by atoms with E-state index in [0.29, 0.717) is 31.6 Å². The summed E-state index contributed by atoms with van der Waals surface area (Å²) < 4.78 is 33.3. The van der Waals surface area contributed by atoms with Gasteiger partial charge in [-0.05, 0) is 80.9 Å². The topological polar surface area (TPSA) is 26.3 Å². The van der Waals surface area contributed by atoms with E-state index >= 15 is 0 Å². The van der Waals surface area contributed by atoms with Gasteiger partial charge in [-0.15, -0.1) is 0 Å². The molecule has 0 saturated heterocycles. The third-order valence-corrected chi connectivity index (χ3v) is 7.12. The van der Waals surface area contributed by atoms with Crippen molar-refractivity contribution in [2.75, 3.05) is 0 Å². The highest BCUT2D eigenvalue weighted by atomic mass is 19.1. The number of rotatable bonds is 9. The molecular weight excluding hydrogens is 382 g/mol. The fourth-order valence-electron chi connectivity index (χ4n) is 5.13. The summed E-state index contributed by atoms with van der Waals surface area (Å²) in [5, 5.41) is 0. The van der Waals surface area contributed by atoms with Crippen LogP contribution in [-0.4, -0.2) is 18.2 Å². The molecule has 1 aromatic carbocycles. The Hall–Kier alpha value is -1.45. The minimum Gasteiger partial charge on any atom is -0.459 e. The van der Waals surface area contributed by atoms with Crippen molar-refractivity contribution in [3.05, 3.63) is 35.1 Å². The number of halogens is 2. The lowest BCUT2D eigenvalue weighted by Crippen LogP contribution is -2.25. The van der Waals surface area contributed by atoms with Crippen molar-refractivity contribution < 1.29 is 18.3 Å². The van der Waals surface area contributed by atoms with E-state index in [1.54, 1.807) is 6.07 Å². The number of esters is 1. The standard InChI is InChI=1S/C26H38F2O2/c1-2-3-4-5-6-7-19-8-10-20(11-9-19)21-12-17-24(25(28)18-21)26(29)30-23-15-13-22(27)14-16-23/h12,17-20,22-23H,2-11,13-16H2,1H3. The number of benzene rings is 1. The average molecular weight is 421 g/mol. The number of hydrogen-bond acceptors (Lipinski definition) is 2. The van der Waals surface area contributed by atoms with Gasteiger partial charge in [0.25, 0.3) is 0 Å². The fraction of sp³-hybridized carbons (Fsp3) is 0.731. The Morgan fingerprint density at radius 3 is 2.33 bits per heavy atom. The number of hydrogen-bond donors (Lipinski definition) is 0. The molecule has 2 fully saturated rings. The largest absolute Gasteiger partial charge is 0.459 e. The minimum atomic E-state index is -0.799. The lowest BCUT2D eigenvalue weighted by molar-refractivity contribution is 0.0136. The Morgan fingerprint density at radius 1 is 0.967 bits per heavy atom. The van der Waals surface area contributed by atoms with Crippen LogP contribution in [0.3, 0.4) is 0 Å². The summed E-state index contributed by atoms with van der Waals surface area (Å²) in [6.07, 6.45) is 13.5. The normalized spacial score (nSPS) is 27.0. The second-order valence-corrected chi connectivity index (χ2v) is 9.44. The van der Waals surface area contributed by atoms with Crippen LogP contribution in [0.15, 0.2) is 18.2 Å². The number of ether oxygens (including phenoxy) is 1. The molecule has 2 aliphatic rings. The first-order valence-electron chi connectivity index (χ1n) is 12.2. The summed E-state index contributed by atoms with van der Waals surface area (Å²) in [4.78, 5) is 12.4. The van der Waals surface area contributed by atoms with Crippen molar-refractivity contribution in [1.82, 2.24) is 0 Å². The van der Waals surface area contributed by atoms with Gasteiger partial charge in [0, 0.05) is 0 Å². The average Bonchev–Trinajstić information content (AvgIpc) is 2.75. The molecule has 0 spiro atoms. The summed E-state index contributed by atoms with van der Waals surface area (Å²) in [5.41, 5.74) is 1.00. The smallest absolute Gasteiger partial charge is 0.341 e. The maximum atomic E-state index is 14.7. The van der Waals surface area contributed by atoms with E-state index in [4.69, 9.17) is 4.74 Å².